The summed E-state index contributed by atoms with van der Waals surface area (Å²) in [7, 11) is -3.38. The van der Waals surface area contributed by atoms with E-state index in [0.29, 0.717) is 6.61 Å². The molecule has 0 saturated heterocycles. The summed E-state index contributed by atoms with van der Waals surface area (Å²) in [4.78, 5) is 9.22. The molecular formula is C11H23O3P. The maximum Gasteiger partial charge on any atom is 0.331 e. The van der Waals surface area contributed by atoms with Crippen molar-refractivity contribution in [3.05, 3.63) is 12.7 Å². The molecule has 0 aliphatic heterocycles. The van der Waals surface area contributed by atoms with E-state index in [1.165, 1.54) is 12.5 Å². The lowest BCUT2D eigenvalue weighted by Gasteiger charge is -2.10. The number of allylic oxidation sites excluding steroid dienone is 1. The second kappa shape index (κ2) is 8.09. The highest BCUT2D eigenvalue weighted by Gasteiger charge is 2.15. The molecule has 90 valence electrons. The Bertz CT molecular complexity index is 214. The monoisotopic (exact) mass is 234 g/mol. The third kappa shape index (κ3) is 10.2. The van der Waals surface area contributed by atoms with Gasteiger partial charge in [-0.25, -0.2) is 0 Å². The Balaban J connectivity index is 3.38. The largest absolute Gasteiger partial charge is 0.331 e. The highest BCUT2D eigenvalue weighted by atomic mass is 31.2. The third-order valence-corrected chi connectivity index (χ3v) is 3.38. The van der Waals surface area contributed by atoms with Gasteiger partial charge in [0.15, 0.2) is 0 Å². The van der Waals surface area contributed by atoms with Gasteiger partial charge in [0.05, 0.1) is 12.8 Å². The van der Waals surface area contributed by atoms with E-state index in [4.69, 9.17) is 4.52 Å². The lowest BCUT2D eigenvalue weighted by Crippen LogP contribution is -1.96. The molecule has 0 aromatic rings. The zero-order chi connectivity index (χ0) is 11.7. The minimum Gasteiger partial charge on any atom is -0.324 e. The minimum atomic E-state index is -3.38. The van der Waals surface area contributed by atoms with Crippen LogP contribution in [0.1, 0.15) is 39.5 Å². The van der Waals surface area contributed by atoms with Crippen molar-refractivity contribution < 1.29 is 14.0 Å². The van der Waals surface area contributed by atoms with E-state index < -0.39 is 7.60 Å². The molecule has 0 aromatic carbocycles. The molecule has 0 saturated carbocycles. The van der Waals surface area contributed by atoms with Gasteiger partial charge < -0.3 is 9.42 Å². The van der Waals surface area contributed by atoms with Crippen LogP contribution in [-0.2, 0) is 9.09 Å². The third-order valence-electron chi connectivity index (χ3n) is 2.08. The summed E-state index contributed by atoms with van der Waals surface area (Å²) in [6.45, 7) is 8.18. The van der Waals surface area contributed by atoms with Crippen molar-refractivity contribution in [3.63, 3.8) is 0 Å². The van der Waals surface area contributed by atoms with Gasteiger partial charge in [-0.05, 0) is 12.3 Å². The molecule has 1 unspecified atom stereocenters. The van der Waals surface area contributed by atoms with Crippen LogP contribution in [0.4, 0.5) is 0 Å². The fourth-order valence-corrected chi connectivity index (χ4v) is 2.10. The zero-order valence-corrected chi connectivity index (χ0v) is 10.7. The van der Waals surface area contributed by atoms with Crippen molar-refractivity contribution in [2.75, 3.05) is 12.8 Å². The quantitative estimate of drug-likeness (QED) is 0.376. The van der Waals surface area contributed by atoms with E-state index in [1.54, 1.807) is 0 Å². The van der Waals surface area contributed by atoms with Gasteiger partial charge in [0.25, 0.3) is 0 Å². The topological polar surface area (TPSA) is 46.5 Å². The first-order valence-corrected chi connectivity index (χ1v) is 7.31. The summed E-state index contributed by atoms with van der Waals surface area (Å²) in [5, 5.41) is 0. The first-order chi connectivity index (χ1) is 6.98. The first-order valence-electron chi connectivity index (χ1n) is 5.55. The Labute approximate surface area is 93.1 Å². The van der Waals surface area contributed by atoms with Crippen LogP contribution in [0.25, 0.3) is 0 Å². The van der Waals surface area contributed by atoms with Crippen LogP contribution in [0.15, 0.2) is 12.7 Å². The Morgan fingerprint density at radius 1 is 1.40 bits per heavy atom. The molecule has 0 aliphatic carbocycles. The average molecular weight is 234 g/mol. The van der Waals surface area contributed by atoms with Gasteiger partial charge in [-0.1, -0.05) is 39.2 Å². The second-order valence-electron chi connectivity index (χ2n) is 4.19. The van der Waals surface area contributed by atoms with Crippen LogP contribution in [0.3, 0.4) is 0 Å². The van der Waals surface area contributed by atoms with Gasteiger partial charge in [0.1, 0.15) is 0 Å². The SMILES string of the molecule is C=CCP(=O)(O)OCCCCCC(C)C. The Hall–Kier alpha value is -0.110. The molecule has 4 heteroatoms. The smallest absolute Gasteiger partial charge is 0.324 e. The molecule has 0 fully saturated rings. The summed E-state index contributed by atoms with van der Waals surface area (Å²) in [6, 6.07) is 0. The zero-order valence-electron chi connectivity index (χ0n) is 9.82. The molecule has 0 aromatic heterocycles. The lowest BCUT2D eigenvalue weighted by molar-refractivity contribution is 0.254. The maximum absolute atomic E-state index is 11.2. The number of rotatable bonds is 9. The molecule has 3 nitrogen and oxygen atoms in total. The van der Waals surface area contributed by atoms with Gasteiger partial charge in [0, 0.05) is 0 Å². The van der Waals surface area contributed by atoms with Crippen molar-refractivity contribution in [1.82, 2.24) is 0 Å². The standard InChI is InChI=1S/C11H23O3P/c1-4-10-15(12,13)14-9-7-5-6-8-11(2)3/h4,11H,1,5-10H2,2-3H3,(H,12,13). The van der Waals surface area contributed by atoms with Crippen LogP contribution < -0.4 is 0 Å². The number of hydrogen-bond acceptors (Lipinski definition) is 2. The summed E-state index contributed by atoms with van der Waals surface area (Å²) in [5.74, 6) is 0.732. The molecular weight excluding hydrogens is 211 g/mol. The van der Waals surface area contributed by atoms with Crippen LogP contribution >= 0.6 is 7.60 Å². The molecule has 0 amide bonds. The van der Waals surface area contributed by atoms with E-state index >= 15 is 0 Å². The van der Waals surface area contributed by atoms with Crippen molar-refractivity contribution >= 4 is 7.60 Å². The molecule has 0 bridgehead atoms. The summed E-state index contributed by atoms with van der Waals surface area (Å²) in [5.41, 5.74) is 0. The van der Waals surface area contributed by atoms with E-state index in [0.717, 1.165) is 25.2 Å². The van der Waals surface area contributed by atoms with Crippen LogP contribution in [0.5, 0.6) is 0 Å². The Morgan fingerprint density at radius 2 is 2.07 bits per heavy atom. The molecule has 15 heavy (non-hydrogen) atoms. The molecule has 1 N–H and O–H groups in total. The predicted molar refractivity (Wildman–Crippen MR) is 64.1 cm³/mol. The summed E-state index contributed by atoms with van der Waals surface area (Å²) in [6.07, 6.45) is 5.75. The lowest BCUT2D eigenvalue weighted by atomic mass is 10.1. The molecule has 0 heterocycles. The highest BCUT2D eigenvalue weighted by Crippen LogP contribution is 2.41. The Morgan fingerprint density at radius 3 is 2.60 bits per heavy atom. The average Bonchev–Trinajstić information content (AvgIpc) is 2.10. The van der Waals surface area contributed by atoms with Gasteiger partial charge in [-0.2, -0.15) is 0 Å². The van der Waals surface area contributed by atoms with Gasteiger partial charge in [0.2, 0.25) is 0 Å². The molecule has 1 atom stereocenters. The van der Waals surface area contributed by atoms with E-state index in [9.17, 15) is 9.46 Å². The van der Waals surface area contributed by atoms with Gasteiger partial charge in [-0.3, -0.25) is 4.57 Å². The normalized spacial score (nSPS) is 15.2. The van der Waals surface area contributed by atoms with Gasteiger partial charge >= 0.3 is 7.60 Å². The van der Waals surface area contributed by atoms with Crippen molar-refractivity contribution in [1.29, 1.82) is 0 Å². The molecule has 0 aliphatic rings. The second-order valence-corrected chi connectivity index (χ2v) is 6.08. The molecule has 0 radical (unpaired) electrons. The summed E-state index contributed by atoms with van der Waals surface area (Å²) >= 11 is 0. The highest BCUT2D eigenvalue weighted by molar-refractivity contribution is 7.53. The van der Waals surface area contributed by atoms with Gasteiger partial charge in [-0.15, -0.1) is 6.58 Å². The van der Waals surface area contributed by atoms with Crippen LogP contribution in [0.2, 0.25) is 0 Å². The fourth-order valence-electron chi connectivity index (χ4n) is 1.25. The number of unbranched alkanes of at least 4 members (excludes halogenated alkanes) is 2. The van der Waals surface area contributed by atoms with Crippen LogP contribution in [-0.4, -0.2) is 17.7 Å². The van der Waals surface area contributed by atoms with Crippen molar-refractivity contribution in [2.45, 2.75) is 39.5 Å². The van der Waals surface area contributed by atoms with Crippen LogP contribution in [0, 0.1) is 5.92 Å². The summed E-state index contributed by atoms with van der Waals surface area (Å²) < 4.78 is 16.1. The van der Waals surface area contributed by atoms with E-state index in [2.05, 4.69) is 20.4 Å². The fraction of sp³-hybridized carbons (Fsp3) is 0.818. The predicted octanol–water partition coefficient (Wildman–Crippen LogP) is 3.59. The molecule has 0 rings (SSSR count). The molecule has 0 spiro atoms. The van der Waals surface area contributed by atoms with E-state index in [-0.39, 0.29) is 6.16 Å². The first kappa shape index (κ1) is 14.9. The number of hydrogen-bond donors (Lipinski definition) is 1. The maximum atomic E-state index is 11.2. The Kier molecular flexibility index (Phi) is 8.03. The van der Waals surface area contributed by atoms with E-state index in [1.807, 2.05) is 0 Å². The minimum absolute atomic E-state index is 0.0407. The van der Waals surface area contributed by atoms with Crippen molar-refractivity contribution in [3.8, 4) is 0 Å². The van der Waals surface area contributed by atoms with Crippen molar-refractivity contribution in [2.24, 2.45) is 5.92 Å².